The highest BCUT2D eigenvalue weighted by Crippen LogP contribution is 2.12. The minimum Gasteiger partial charge on any atom is -0.481 e. The van der Waals surface area contributed by atoms with Crippen LogP contribution in [0.1, 0.15) is 11.1 Å². The van der Waals surface area contributed by atoms with Gasteiger partial charge in [0.25, 0.3) is 0 Å². The summed E-state index contributed by atoms with van der Waals surface area (Å²) in [4.78, 5) is 10.4. The summed E-state index contributed by atoms with van der Waals surface area (Å²) in [6.45, 7) is 0.707. The van der Waals surface area contributed by atoms with Gasteiger partial charge in [-0.2, -0.15) is 0 Å². The summed E-state index contributed by atoms with van der Waals surface area (Å²) in [6.07, 6.45) is 3.36. The third-order valence-corrected chi connectivity index (χ3v) is 2.05. The Bertz CT molecular complexity index is 402. The van der Waals surface area contributed by atoms with Crippen molar-refractivity contribution in [3.63, 3.8) is 0 Å². The highest BCUT2D eigenvalue weighted by Gasteiger charge is 2.06. The number of rotatable bonds is 5. The molecule has 16 heavy (non-hydrogen) atoms. The molecule has 0 fully saturated rings. The molecule has 1 aromatic carbocycles. The van der Waals surface area contributed by atoms with E-state index in [1.165, 1.54) is 12.1 Å². The monoisotopic (exact) mass is 223 g/mol. The Balaban J connectivity index is 2.78. The van der Waals surface area contributed by atoms with Crippen molar-refractivity contribution in [3.05, 3.63) is 41.2 Å². The zero-order chi connectivity index (χ0) is 12.0. The molecule has 0 aromatic heterocycles. The Morgan fingerprint density at radius 1 is 1.56 bits per heavy atom. The second kappa shape index (κ2) is 6.02. The first-order chi connectivity index (χ1) is 7.63. The lowest BCUT2D eigenvalue weighted by atomic mass is 10.1. The lowest BCUT2D eigenvalue weighted by molar-refractivity contribution is -0.136. The van der Waals surface area contributed by atoms with Crippen LogP contribution in [0.3, 0.4) is 0 Å². The molecule has 0 spiro atoms. The van der Waals surface area contributed by atoms with Crippen molar-refractivity contribution in [2.24, 2.45) is 0 Å². The van der Waals surface area contributed by atoms with E-state index in [2.05, 4.69) is 5.32 Å². The molecule has 1 rings (SSSR count). The van der Waals surface area contributed by atoms with Gasteiger partial charge in [0.2, 0.25) is 0 Å². The first-order valence-corrected chi connectivity index (χ1v) is 4.95. The summed E-state index contributed by atoms with van der Waals surface area (Å²) in [5, 5.41) is 11.5. The van der Waals surface area contributed by atoms with Crippen LogP contribution in [-0.4, -0.2) is 24.7 Å². The van der Waals surface area contributed by atoms with Crippen LogP contribution in [0.25, 0.3) is 6.08 Å². The van der Waals surface area contributed by atoms with Gasteiger partial charge in [-0.1, -0.05) is 24.3 Å². The van der Waals surface area contributed by atoms with Gasteiger partial charge in [0.15, 0.2) is 0 Å². The van der Waals surface area contributed by atoms with Crippen LogP contribution in [-0.2, 0) is 11.2 Å². The lowest BCUT2D eigenvalue weighted by Gasteiger charge is -2.01. The lowest BCUT2D eigenvalue weighted by Crippen LogP contribution is -2.04. The summed E-state index contributed by atoms with van der Waals surface area (Å²) >= 11 is 0. The maximum absolute atomic E-state index is 13.4. The van der Waals surface area contributed by atoms with Crippen molar-refractivity contribution in [2.75, 3.05) is 13.6 Å². The minimum absolute atomic E-state index is 0.207. The summed E-state index contributed by atoms with van der Waals surface area (Å²) in [7, 11) is 1.82. The number of hydrogen-bond acceptors (Lipinski definition) is 2. The molecule has 0 amide bonds. The van der Waals surface area contributed by atoms with Crippen LogP contribution in [0.4, 0.5) is 4.39 Å². The zero-order valence-electron chi connectivity index (χ0n) is 9.03. The highest BCUT2D eigenvalue weighted by molar-refractivity contribution is 5.70. The zero-order valence-corrected chi connectivity index (χ0v) is 9.03. The number of benzene rings is 1. The van der Waals surface area contributed by atoms with Crippen LogP contribution in [0.5, 0.6) is 0 Å². The van der Waals surface area contributed by atoms with Gasteiger partial charge < -0.3 is 10.4 Å². The van der Waals surface area contributed by atoms with E-state index in [1.54, 1.807) is 12.1 Å². The van der Waals surface area contributed by atoms with Gasteiger partial charge in [-0.25, -0.2) is 4.39 Å². The van der Waals surface area contributed by atoms with Crippen LogP contribution >= 0.6 is 0 Å². The molecule has 0 aliphatic heterocycles. The van der Waals surface area contributed by atoms with E-state index in [9.17, 15) is 9.18 Å². The molecule has 0 radical (unpaired) electrons. The van der Waals surface area contributed by atoms with Crippen LogP contribution in [0.2, 0.25) is 0 Å². The Labute approximate surface area is 93.6 Å². The van der Waals surface area contributed by atoms with E-state index < -0.39 is 11.8 Å². The van der Waals surface area contributed by atoms with Gasteiger partial charge in [-0.3, -0.25) is 4.79 Å². The molecule has 0 unspecified atom stereocenters. The second-order valence-corrected chi connectivity index (χ2v) is 3.38. The molecular formula is C12H14FNO2. The predicted octanol–water partition coefficient (Wildman–Crippen LogP) is 1.69. The highest BCUT2D eigenvalue weighted by atomic mass is 19.1. The number of likely N-dealkylation sites (N-methyl/N-ethyl adjacent to an activating group) is 1. The van der Waals surface area contributed by atoms with Crippen LogP contribution in [0.15, 0.2) is 24.3 Å². The van der Waals surface area contributed by atoms with E-state index in [0.717, 1.165) is 5.56 Å². The summed E-state index contributed by atoms with van der Waals surface area (Å²) in [6, 6.07) is 4.54. The smallest absolute Gasteiger partial charge is 0.307 e. The maximum atomic E-state index is 13.4. The van der Waals surface area contributed by atoms with Crippen LogP contribution < -0.4 is 5.32 Å². The number of halogens is 1. The van der Waals surface area contributed by atoms with E-state index >= 15 is 0 Å². The molecule has 4 heteroatoms. The molecule has 0 aliphatic carbocycles. The number of carbonyl (C=O) groups is 1. The molecule has 0 heterocycles. The maximum Gasteiger partial charge on any atom is 0.307 e. The molecule has 0 saturated carbocycles. The number of aliphatic carboxylic acids is 1. The van der Waals surface area contributed by atoms with Crippen molar-refractivity contribution in [2.45, 2.75) is 6.42 Å². The minimum atomic E-state index is -1.03. The van der Waals surface area contributed by atoms with Gasteiger partial charge in [-0.15, -0.1) is 0 Å². The van der Waals surface area contributed by atoms with E-state index in [1.807, 2.05) is 13.1 Å². The van der Waals surface area contributed by atoms with Crippen molar-refractivity contribution in [1.29, 1.82) is 0 Å². The second-order valence-electron chi connectivity index (χ2n) is 3.38. The fourth-order valence-corrected chi connectivity index (χ4v) is 1.29. The standard InChI is InChI=1S/C12H14FNO2/c1-14-6-2-3-9-4-5-10(8-12(15)16)11(13)7-9/h2-5,7,14H,6,8H2,1H3,(H,15,16). The SMILES string of the molecule is CNCC=Cc1ccc(CC(=O)O)c(F)c1. The fourth-order valence-electron chi connectivity index (χ4n) is 1.29. The molecule has 0 bridgehead atoms. The first-order valence-electron chi connectivity index (χ1n) is 4.95. The van der Waals surface area contributed by atoms with Crippen molar-refractivity contribution < 1.29 is 14.3 Å². The third kappa shape index (κ3) is 3.82. The number of hydrogen-bond donors (Lipinski definition) is 2. The quantitative estimate of drug-likeness (QED) is 0.798. The average molecular weight is 223 g/mol. The molecular weight excluding hydrogens is 209 g/mol. The molecule has 2 N–H and O–H groups in total. The normalized spacial score (nSPS) is 10.9. The van der Waals surface area contributed by atoms with Gasteiger partial charge in [-0.05, 0) is 24.2 Å². The molecule has 1 aromatic rings. The summed E-state index contributed by atoms with van der Waals surface area (Å²) < 4.78 is 13.4. The number of nitrogens with one attached hydrogen (secondary N) is 1. The largest absolute Gasteiger partial charge is 0.481 e. The van der Waals surface area contributed by atoms with Crippen molar-refractivity contribution in [1.82, 2.24) is 5.32 Å². The van der Waals surface area contributed by atoms with Gasteiger partial charge in [0, 0.05) is 6.54 Å². The third-order valence-electron chi connectivity index (χ3n) is 2.05. The Morgan fingerprint density at radius 2 is 2.31 bits per heavy atom. The molecule has 0 saturated heterocycles. The topological polar surface area (TPSA) is 49.3 Å². The van der Waals surface area contributed by atoms with E-state index in [-0.39, 0.29) is 12.0 Å². The average Bonchev–Trinajstić information content (AvgIpc) is 2.22. The molecule has 3 nitrogen and oxygen atoms in total. The van der Waals surface area contributed by atoms with E-state index in [0.29, 0.717) is 6.54 Å². The van der Waals surface area contributed by atoms with Gasteiger partial charge >= 0.3 is 5.97 Å². The Morgan fingerprint density at radius 3 is 2.88 bits per heavy atom. The fraction of sp³-hybridized carbons (Fsp3) is 0.250. The summed E-state index contributed by atoms with van der Waals surface area (Å²) in [5.41, 5.74) is 0.931. The van der Waals surface area contributed by atoms with Crippen molar-refractivity contribution >= 4 is 12.0 Å². The number of carboxylic acid groups (broad SMARTS) is 1. The molecule has 0 atom stereocenters. The summed E-state index contributed by atoms with van der Waals surface area (Å²) in [5.74, 6) is -1.51. The van der Waals surface area contributed by atoms with Crippen molar-refractivity contribution in [3.8, 4) is 0 Å². The first kappa shape index (κ1) is 12.4. The molecule has 86 valence electrons. The van der Waals surface area contributed by atoms with Gasteiger partial charge in [0.1, 0.15) is 5.82 Å². The Hall–Kier alpha value is -1.68. The Kier molecular flexibility index (Phi) is 4.66. The number of carboxylic acids is 1. The van der Waals surface area contributed by atoms with Gasteiger partial charge in [0.05, 0.1) is 6.42 Å². The predicted molar refractivity (Wildman–Crippen MR) is 60.7 cm³/mol. The van der Waals surface area contributed by atoms with Crippen LogP contribution in [0, 0.1) is 5.82 Å². The van der Waals surface area contributed by atoms with E-state index in [4.69, 9.17) is 5.11 Å². The molecule has 0 aliphatic rings.